The van der Waals surface area contributed by atoms with E-state index in [2.05, 4.69) is 63.8 Å². The number of nitrogens with two attached hydrogens (primary N) is 1. The predicted octanol–water partition coefficient (Wildman–Crippen LogP) is 3.67. The summed E-state index contributed by atoms with van der Waals surface area (Å²) < 4.78 is 1.18. The van der Waals surface area contributed by atoms with Gasteiger partial charge >= 0.3 is 0 Å². The van der Waals surface area contributed by atoms with Crippen molar-refractivity contribution in [3.8, 4) is 0 Å². The molecule has 0 radical (unpaired) electrons. The molecule has 1 heterocycles. The Balaban J connectivity index is 2.27. The second-order valence-corrected chi connectivity index (χ2v) is 7.12. The zero-order valence-corrected chi connectivity index (χ0v) is 13.9. The first-order valence-electron chi connectivity index (χ1n) is 7.06. The lowest BCUT2D eigenvalue weighted by Crippen LogP contribution is -2.42. The quantitative estimate of drug-likeness (QED) is 0.905. The molecule has 106 valence electrons. The van der Waals surface area contributed by atoms with Crippen molar-refractivity contribution >= 4 is 27.7 Å². The van der Waals surface area contributed by atoms with E-state index >= 15 is 0 Å². The van der Waals surface area contributed by atoms with Crippen molar-refractivity contribution in [1.82, 2.24) is 4.90 Å². The van der Waals surface area contributed by atoms with Gasteiger partial charge in [-0.15, -0.1) is 0 Å². The Kier molecular flexibility index (Phi) is 6.20. The van der Waals surface area contributed by atoms with Crippen LogP contribution in [-0.2, 0) is 0 Å². The largest absolute Gasteiger partial charge is 0.326 e. The van der Waals surface area contributed by atoms with Crippen LogP contribution in [0.1, 0.15) is 31.4 Å². The minimum atomic E-state index is 0.196. The zero-order valence-electron chi connectivity index (χ0n) is 11.5. The zero-order chi connectivity index (χ0) is 13.7. The van der Waals surface area contributed by atoms with Gasteiger partial charge in [-0.1, -0.05) is 41.1 Å². The van der Waals surface area contributed by atoms with Gasteiger partial charge in [-0.3, -0.25) is 4.90 Å². The Morgan fingerprint density at radius 3 is 2.84 bits per heavy atom. The Morgan fingerprint density at radius 1 is 1.32 bits per heavy atom. The number of halogens is 1. The maximum absolute atomic E-state index is 6.43. The number of benzene rings is 1. The molecule has 1 aliphatic rings. The van der Waals surface area contributed by atoms with Gasteiger partial charge in [0, 0.05) is 22.8 Å². The van der Waals surface area contributed by atoms with E-state index in [0.29, 0.717) is 6.04 Å². The van der Waals surface area contributed by atoms with E-state index in [1.54, 1.807) is 0 Å². The lowest BCUT2D eigenvalue weighted by atomic mass is 9.96. The smallest absolute Gasteiger partial charge is 0.0510 e. The van der Waals surface area contributed by atoms with Gasteiger partial charge < -0.3 is 5.73 Å². The molecule has 1 saturated heterocycles. The summed E-state index contributed by atoms with van der Waals surface area (Å²) in [6.07, 6.45) is 2.28. The molecule has 2 nitrogen and oxygen atoms in total. The molecule has 1 aliphatic heterocycles. The van der Waals surface area contributed by atoms with E-state index in [1.807, 2.05) is 0 Å². The van der Waals surface area contributed by atoms with Crippen molar-refractivity contribution in [1.29, 1.82) is 0 Å². The third kappa shape index (κ3) is 3.97. The molecule has 0 aliphatic carbocycles. The molecule has 0 spiro atoms. The molecule has 0 amide bonds. The monoisotopic (exact) mass is 342 g/mol. The maximum atomic E-state index is 6.43. The van der Waals surface area contributed by atoms with Crippen molar-refractivity contribution in [3.63, 3.8) is 0 Å². The molecular formula is C15H23BrN2S. The number of hydrogen-bond acceptors (Lipinski definition) is 3. The summed E-state index contributed by atoms with van der Waals surface area (Å²) in [5.41, 5.74) is 7.77. The Labute approximate surface area is 129 Å². The van der Waals surface area contributed by atoms with Crippen LogP contribution >= 0.6 is 27.7 Å². The molecule has 0 aromatic heterocycles. The fourth-order valence-corrected chi connectivity index (χ4v) is 4.10. The average Bonchev–Trinajstić information content (AvgIpc) is 2.70. The summed E-state index contributed by atoms with van der Waals surface area (Å²) in [6.45, 7) is 4.48. The van der Waals surface area contributed by atoms with Gasteiger partial charge in [-0.2, -0.15) is 11.8 Å². The van der Waals surface area contributed by atoms with E-state index in [0.717, 1.165) is 19.5 Å². The van der Waals surface area contributed by atoms with Crippen LogP contribution in [0.15, 0.2) is 28.7 Å². The molecule has 1 fully saturated rings. The molecule has 2 atom stereocenters. The fraction of sp³-hybridized carbons (Fsp3) is 0.600. The number of hydrogen-bond donors (Lipinski definition) is 1. The fourth-order valence-electron chi connectivity index (χ4n) is 2.68. The lowest BCUT2D eigenvalue weighted by Gasteiger charge is -2.35. The predicted molar refractivity (Wildman–Crippen MR) is 88.7 cm³/mol. The van der Waals surface area contributed by atoms with Crippen LogP contribution in [0, 0.1) is 0 Å². The number of nitrogens with zero attached hydrogens (tertiary/aromatic N) is 1. The number of rotatable bonds is 4. The molecule has 2 N–H and O–H groups in total. The average molecular weight is 343 g/mol. The van der Waals surface area contributed by atoms with E-state index in [4.69, 9.17) is 5.73 Å². The van der Waals surface area contributed by atoms with Crippen LogP contribution in [0.4, 0.5) is 0 Å². The van der Waals surface area contributed by atoms with E-state index < -0.39 is 0 Å². The summed E-state index contributed by atoms with van der Waals surface area (Å²) >= 11 is 5.75. The molecule has 1 aromatic carbocycles. The van der Waals surface area contributed by atoms with Crippen molar-refractivity contribution in [2.24, 2.45) is 5.73 Å². The molecule has 0 bridgehead atoms. The van der Waals surface area contributed by atoms with Crippen LogP contribution in [0.2, 0.25) is 0 Å². The van der Waals surface area contributed by atoms with Crippen LogP contribution in [0.25, 0.3) is 0 Å². The van der Waals surface area contributed by atoms with Crippen molar-refractivity contribution in [2.75, 3.05) is 24.6 Å². The van der Waals surface area contributed by atoms with Gasteiger partial charge in [0.05, 0.1) is 6.04 Å². The standard InChI is InChI=1S/C15H23BrN2S/c1-2-14(17)15(12-6-3-4-7-13(12)16)18-8-5-10-19-11-9-18/h3-4,6-7,14-15H,2,5,8-11,17H2,1H3. The minimum Gasteiger partial charge on any atom is -0.326 e. The highest BCUT2D eigenvalue weighted by Crippen LogP contribution is 2.32. The van der Waals surface area contributed by atoms with Crippen LogP contribution in [-0.4, -0.2) is 35.5 Å². The first-order chi connectivity index (χ1) is 9.24. The van der Waals surface area contributed by atoms with Gasteiger partial charge in [0.25, 0.3) is 0 Å². The van der Waals surface area contributed by atoms with E-state index in [1.165, 1.54) is 28.0 Å². The third-order valence-electron chi connectivity index (χ3n) is 3.75. The van der Waals surface area contributed by atoms with Crippen LogP contribution < -0.4 is 5.73 Å². The van der Waals surface area contributed by atoms with Gasteiger partial charge in [-0.05, 0) is 36.8 Å². The minimum absolute atomic E-state index is 0.196. The second-order valence-electron chi connectivity index (χ2n) is 5.04. The summed E-state index contributed by atoms with van der Waals surface area (Å²) in [5.74, 6) is 2.50. The molecule has 2 unspecified atom stereocenters. The molecule has 4 heteroatoms. The van der Waals surface area contributed by atoms with Gasteiger partial charge in [0.15, 0.2) is 0 Å². The summed E-state index contributed by atoms with van der Waals surface area (Å²) in [7, 11) is 0. The van der Waals surface area contributed by atoms with Gasteiger partial charge in [0.2, 0.25) is 0 Å². The van der Waals surface area contributed by atoms with Crippen molar-refractivity contribution in [3.05, 3.63) is 34.3 Å². The molecule has 2 rings (SSSR count). The molecule has 0 saturated carbocycles. The molecule has 1 aromatic rings. The summed E-state index contributed by atoms with van der Waals surface area (Å²) in [6, 6.07) is 9.04. The molecule has 19 heavy (non-hydrogen) atoms. The highest BCUT2D eigenvalue weighted by molar-refractivity contribution is 9.10. The Hall–Kier alpha value is -0.0300. The number of thioether (sulfide) groups is 1. The normalized spacial score (nSPS) is 20.8. The second kappa shape index (κ2) is 7.67. The van der Waals surface area contributed by atoms with Gasteiger partial charge in [-0.25, -0.2) is 0 Å². The summed E-state index contributed by atoms with van der Waals surface area (Å²) in [5, 5.41) is 0. The lowest BCUT2D eigenvalue weighted by molar-refractivity contribution is 0.182. The van der Waals surface area contributed by atoms with E-state index in [-0.39, 0.29) is 6.04 Å². The van der Waals surface area contributed by atoms with Crippen LogP contribution in [0.5, 0.6) is 0 Å². The van der Waals surface area contributed by atoms with Crippen molar-refractivity contribution in [2.45, 2.75) is 31.8 Å². The van der Waals surface area contributed by atoms with Crippen LogP contribution in [0.3, 0.4) is 0 Å². The maximum Gasteiger partial charge on any atom is 0.0510 e. The first kappa shape index (κ1) is 15.4. The third-order valence-corrected chi connectivity index (χ3v) is 5.52. The van der Waals surface area contributed by atoms with Crippen molar-refractivity contribution < 1.29 is 0 Å². The van der Waals surface area contributed by atoms with Gasteiger partial charge in [0.1, 0.15) is 0 Å². The SMILES string of the molecule is CCC(N)C(c1ccccc1Br)N1CCCSCC1. The highest BCUT2D eigenvalue weighted by Gasteiger charge is 2.27. The Morgan fingerprint density at radius 2 is 2.11 bits per heavy atom. The topological polar surface area (TPSA) is 29.3 Å². The Bertz CT molecular complexity index is 391. The summed E-state index contributed by atoms with van der Waals surface area (Å²) in [4.78, 5) is 2.58. The molecular weight excluding hydrogens is 320 g/mol. The first-order valence-corrected chi connectivity index (χ1v) is 9.00. The van der Waals surface area contributed by atoms with E-state index in [9.17, 15) is 0 Å². The highest BCUT2D eigenvalue weighted by atomic mass is 79.9.